The van der Waals surface area contributed by atoms with Gasteiger partial charge in [0.2, 0.25) is 5.78 Å². The first kappa shape index (κ1) is 14.3. The molecule has 1 aliphatic rings. The Bertz CT molecular complexity index is 510. The molecule has 0 bridgehead atoms. The average molecular weight is 278 g/mol. The number of Topliss-reactive ketones (excluding diaryl/α,β-unsaturated/α-hetero) is 1. The zero-order chi connectivity index (χ0) is 14.5. The van der Waals surface area contributed by atoms with Crippen LogP contribution in [0.2, 0.25) is 0 Å². The highest BCUT2D eigenvalue weighted by molar-refractivity contribution is 6.42. The number of ether oxygens (including phenoxy) is 2. The predicted octanol–water partition coefficient (Wildman–Crippen LogP) is 0.963. The van der Waals surface area contributed by atoms with E-state index in [-0.39, 0.29) is 6.04 Å². The molecule has 0 radical (unpaired) electrons. The monoisotopic (exact) mass is 278 g/mol. The number of methoxy groups -OCH3 is 2. The molecule has 6 heteroatoms. The lowest BCUT2D eigenvalue weighted by Crippen LogP contribution is -2.38. The Morgan fingerprint density at radius 1 is 1.25 bits per heavy atom. The van der Waals surface area contributed by atoms with Gasteiger partial charge in [0.15, 0.2) is 11.5 Å². The van der Waals surface area contributed by atoms with Crippen LogP contribution in [0.4, 0.5) is 5.69 Å². The molecule has 1 unspecified atom stereocenters. The molecule has 0 aromatic heterocycles. The first-order valence-corrected chi connectivity index (χ1v) is 6.46. The zero-order valence-electron chi connectivity index (χ0n) is 11.6. The van der Waals surface area contributed by atoms with E-state index in [1.807, 2.05) is 0 Å². The van der Waals surface area contributed by atoms with Gasteiger partial charge in [-0.1, -0.05) is 0 Å². The van der Waals surface area contributed by atoms with Crippen molar-refractivity contribution in [2.75, 3.05) is 26.1 Å². The summed E-state index contributed by atoms with van der Waals surface area (Å²) in [6.07, 6.45) is 1.62. The van der Waals surface area contributed by atoms with Crippen molar-refractivity contribution in [3.63, 3.8) is 0 Å². The van der Waals surface area contributed by atoms with Crippen LogP contribution in [-0.4, -0.2) is 38.5 Å². The van der Waals surface area contributed by atoms with Gasteiger partial charge in [0.25, 0.3) is 5.91 Å². The number of hydrogen-bond acceptors (Lipinski definition) is 5. The van der Waals surface area contributed by atoms with Gasteiger partial charge in [-0.25, -0.2) is 0 Å². The van der Waals surface area contributed by atoms with Crippen molar-refractivity contribution in [3.05, 3.63) is 18.2 Å². The fraction of sp³-hybridized carbons (Fsp3) is 0.429. The molecule has 108 valence electrons. The number of rotatable bonds is 5. The van der Waals surface area contributed by atoms with E-state index in [4.69, 9.17) is 9.47 Å². The van der Waals surface area contributed by atoms with E-state index in [2.05, 4.69) is 10.6 Å². The third-order valence-electron chi connectivity index (χ3n) is 3.24. The van der Waals surface area contributed by atoms with Crippen LogP contribution in [-0.2, 0) is 9.59 Å². The molecule has 1 atom stereocenters. The molecule has 1 aromatic rings. The smallest absolute Gasteiger partial charge is 0.293 e. The summed E-state index contributed by atoms with van der Waals surface area (Å²) >= 11 is 0. The number of amides is 1. The summed E-state index contributed by atoms with van der Waals surface area (Å²) in [7, 11) is 3.04. The Hall–Kier alpha value is -2.08. The molecule has 0 saturated carbocycles. The molecule has 1 saturated heterocycles. The number of benzene rings is 1. The van der Waals surface area contributed by atoms with Crippen molar-refractivity contribution in [1.82, 2.24) is 5.32 Å². The van der Waals surface area contributed by atoms with E-state index >= 15 is 0 Å². The Balaban J connectivity index is 2.05. The van der Waals surface area contributed by atoms with Crippen LogP contribution < -0.4 is 20.1 Å². The topological polar surface area (TPSA) is 76.7 Å². The van der Waals surface area contributed by atoms with E-state index in [9.17, 15) is 9.59 Å². The molecule has 1 aliphatic heterocycles. The quantitative estimate of drug-likeness (QED) is 0.785. The second-order valence-electron chi connectivity index (χ2n) is 4.54. The van der Waals surface area contributed by atoms with Crippen molar-refractivity contribution in [1.29, 1.82) is 0 Å². The summed E-state index contributed by atoms with van der Waals surface area (Å²) in [5, 5.41) is 5.59. The third-order valence-corrected chi connectivity index (χ3v) is 3.24. The van der Waals surface area contributed by atoms with Gasteiger partial charge in [-0.05, 0) is 31.5 Å². The number of carbonyl (C=O) groups is 2. The van der Waals surface area contributed by atoms with Gasteiger partial charge in [0.05, 0.1) is 20.3 Å². The summed E-state index contributed by atoms with van der Waals surface area (Å²) in [5.74, 6) is 0.0138. The summed E-state index contributed by atoms with van der Waals surface area (Å²) in [5.41, 5.74) is 0.499. The lowest BCUT2D eigenvalue weighted by molar-refractivity contribution is -0.135. The minimum Gasteiger partial charge on any atom is -0.493 e. The molecule has 0 aliphatic carbocycles. The van der Waals surface area contributed by atoms with Crippen molar-refractivity contribution >= 4 is 17.4 Å². The van der Waals surface area contributed by atoms with E-state index in [1.165, 1.54) is 14.2 Å². The fourth-order valence-electron chi connectivity index (χ4n) is 2.17. The highest BCUT2D eigenvalue weighted by Gasteiger charge is 2.27. The zero-order valence-corrected chi connectivity index (χ0v) is 11.6. The maximum absolute atomic E-state index is 11.9. The number of carbonyl (C=O) groups excluding carboxylic acids is 2. The molecule has 2 rings (SSSR count). The summed E-state index contributed by atoms with van der Waals surface area (Å²) in [6, 6.07) is 4.59. The van der Waals surface area contributed by atoms with Crippen molar-refractivity contribution in [2.45, 2.75) is 18.9 Å². The molecule has 1 heterocycles. The van der Waals surface area contributed by atoms with E-state index in [1.54, 1.807) is 18.2 Å². The normalized spacial score (nSPS) is 17.6. The fourth-order valence-corrected chi connectivity index (χ4v) is 2.17. The van der Waals surface area contributed by atoms with Gasteiger partial charge in [0, 0.05) is 11.8 Å². The lowest BCUT2D eigenvalue weighted by atomic mass is 10.1. The molecule has 20 heavy (non-hydrogen) atoms. The first-order chi connectivity index (χ1) is 9.65. The predicted molar refractivity (Wildman–Crippen MR) is 74.2 cm³/mol. The van der Waals surface area contributed by atoms with Gasteiger partial charge in [-0.2, -0.15) is 0 Å². The molecule has 6 nitrogen and oxygen atoms in total. The molecule has 1 amide bonds. The molecule has 1 aromatic carbocycles. The molecule has 2 N–H and O–H groups in total. The first-order valence-electron chi connectivity index (χ1n) is 6.46. The Morgan fingerprint density at radius 3 is 2.60 bits per heavy atom. The number of hydrogen-bond donors (Lipinski definition) is 2. The number of nitrogens with one attached hydrogen (secondary N) is 2. The highest BCUT2D eigenvalue weighted by atomic mass is 16.5. The van der Waals surface area contributed by atoms with E-state index in [0.717, 1.165) is 13.0 Å². The van der Waals surface area contributed by atoms with E-state index in [0.29, 0.717) is 23.6 Å². The van der Waals surface area contributed by atoms with Gasteiger partial charge < -0.3 is 20.1 Å². The third kappa shape index (κ3) is 3.08. The minimum atomic E-state index is -0.614. The highest BCUT2D eigenvalue weighted by Crippen LogP contribution is 2.29. The Morgan fingerprint density at radius 2 is 2.00 bits per heavy atom. The summed E-state index contributed by atoms with van der Waals surface area (Å²) in [4.78, 5) is 23.8. The molecular formula is C14H18N2O4. The van der Waals surface area contributed by atoms with Crippen LogP contribution in [0.25, 0.3) is 0 Å². The maximum atomic E-state index is 11.9. The average Bonchev–Trinajstić information content (AvgIpc) is 3.00. The molecule has 1 fully saturated rings. The Labute approximate surface area is 117 Å². The van der Waals surface area contributed by atoms with Crippen LogP contribution in [0, 0.1) is 0 Å². The van der Waals surface area contributed by atoms with Gasteiger partial charge >= 0.3 is 0 Å². The van der Waals surface area contributed by atoms with Crippen LogP contribution >= 0.6 is 0 Å². The number of ketones is 1. The van der Waals surface area contributed by atoms with E-state index < -0.39 is 11.7 Å². The van der Waals surface area contributed by atoms with Gasteiger partial charge in [-0.15, -0.1) is 0 Å². The van der Waals surface area contributed by atoms with Crippen LogP contribution in [0.5, 0.6) is 11.5 Å². The lowest BCUT2D eigenvalue weighted by Gasteiger charge is -2.12. The minimum absolute atomic E-state index is 0.366. The maximum Gasteiger partial charge on any atom is 0.293 e. The number of anilines is 1. The van der Waals surface area contributed by atoms with Crippen LogP contribution in [0.15, 0.2) is 18.2 Å². The molecule has 0 spiro atoms. The second kappa shape index (κ2) is 6.38. The standard InChI is InChI=1S/C14H18N2O4/c1-19-11-6-5-9(8-12(11)20-2)16-14(18)13(17)10-4-3-7-15-10/h5-6,8,10,15H,3-4,7H2,1-2H3,(H,16,18). The molecular weight excluding hydrogens is 260 g/mol. The van der Waals surface area contributed by atoms with Crippen molar-refractivity contribution in [3.8, 4) is 11.5 Å². The SMILES string of the molecule is COc1ccc(NC(=O)C(=O)C2CCCN2)cc1OC. The van der Waals surface area contributed by atoms with Crippen molar-refractivity contribution in [2.24, 2.45) is 0 Å². The summed E-state index contributed by atoms with van der Waals surface area (Å²) < 4.78 is 10.3. The largest absolute Gasteiger partial charge is 0.493 e. The van der Waals surface area contributed by atoms with Crippen LogP contribution in [0.3, 0.4) is 0 Å². The van der Waals surface area contributed by atoms with Gasteiger partial charge in [-0.3, -0.25) is 9.59 Å². The van der Waals surface area contributed by atoms with Crippen LogP contribution in [0.1, 0.15) is 12.8 Å². The summed E-state index contributed by atoms with van der Waals surface area (Å²) in [6.45, 7) is 0.778. The van der Waals surface area contributed by atoms with Crippen molar-refractivity contribution < 1.29 is 19.1 Å². The Kier molecular flexibility index (Phi) is 4.57. The van der Waals surface area contributed by atoms with Gasteiger partial charge in [0.1, 0.15) is 0 Å². The second-order valence-corrected chi connectivity index (χ2v) is 4.54.